The van der Waals surface area contributed by atoms with Gasteiger partial charge < -0.3 is 10.0 Å². The molecule has 3 aromatic rings. The van der Waals surface area contributed by atoms with Crippen LogP contribution in [0.5, 0.6) is 0 Å². The van der Waals surface area contributed by atoms with E-state index in [0.717, 1.165) is 21.8 Å². The maximum atomic E-state index is 11.8. The molecule has 0 saturated heterocycles. The lowest BCUT2D eigenvalue weighted by molar-refractivity contribution is -0.131. The smallest absolute Gasteiger partial charge is 0.377 e. The second-order valence-corrected chi connectivity index (χ2v) is 8.29. The number of nitrogens with zero attached hydrogens (tertiary/aromatic N) is 2. The molecule has 0 atom stereocenters. The molecular formula is C22H17ClN2O3S. The Morgan fingerprint density at radius 3 is 2.52 bits per heavy atom. The number of ketones is 1. The van der Waals surface area contributed by atoms with E-state index < -0.39 is 11.8 Å². The Kier molecular flexibility index (Phi) is 5.32. The number of rotatable bonds is 4. The van der Waals surface area contributed by atoms with Gasteiger partial charge in [-0.15, -0.1) is 0 Å². The molecule has 1 N–H and O–H groups in total. The number of carbonyl (C=O) groups excluding carboxylic acids is 1. The van der Waals surface area contributed by atoms with Gasteiger partial charge in [0, 0.05) is 21.7 Å². The summed E-state index contributed by atoms with van der Waals surface area (Å²) in [7, 11) is 2.02. The first-order chi connectivity index (χ1) is 13.9. The van der Waals surface area contributed by atoms with E-state index >= 15 is 0 Å². The van der Waals surface area contributed by atoms with Gasteiger partial charge in [0.15, 0.2) is 0 Å². The number of benzene rings is 3. The van der Waals surface area contributed by atoms with Gasteiger partial charge >= 0.3 is 5.97 Å². The normalized spacial score (nSPS) is 13.8. The summed E-state index contributed by atoms with van der Waals surface area (Å²) in [5, 5.41) is 9.52. The Bertz CT molecular complexity index is 1100. The number of halogens is 1. The van der Waals surface area contributed by atoms with Crippen molar-refractivity contribution in [3.8, 4) is 11.1 Å². The van der Waals surface area contributed by atoms with Crippen molar-refractivity contribution in [2.24, 2.45) is 0 Å². The predicted molar refractivity (Wildman–Crippen MR) is 116 cm³/mol. The SMILES string of the molecule is CN1CN(c2ccccc2)c2cc(Cl)c(-c3cccc(C(=O)C(=O)O)c3)cc2S1. The molecule has 0 unspecified atom stereocenters. The number of fused-ring (bicyclic) bond motifs is 1. The third-order valence-electron chi connectivity index (χ3n) is 4.63. The van der Waals surface area contributed by atoms with E-state index in [4.69, 9.17) is 16.7 Å². The average molecular weight is 425 g/mol. The third-order valence-corrected chi connectivity index (χ3v) is 5.90. The molecule has 0 fully saturated rings. The summed E-state index contributed by atoms with van der Waals surface area (Å²) in [6.07, 6.45) is 0. The molecule has 0 radical (unpaired) electrons. The van der Waals surface area contributed by atoms with E-state index in [2.05, 4.69) is 21.3 Å². The highest BCUT2D eigenvalue weighted by molar-refractivity contribution is 7.97. The minimum Gasteiger partial charge on any atom is -0.475 e. The van der Waals surface area contributed by atoms with Crippen molar-refractivity contribution in [3.05, 3.63) is 77.3 Å². The summed E-state index contributed by atoms with van der Waals surface area (Å²) in [6.45, 7) is 0.708. The van der Waals surface area contributed by atoms with Gasteiger partial charge in [0.1, 0.15) is 0 Å². The van der Waals surface area contributed by atoms with Crippen molar-refractivity contribution in [2.75, 3.05) is 18.6 Å². The van der Waals surface area contributed by atoms with Crippen LogP contribution in [0.4, 0.5) is 11.4 Å². The van der Waals surface area contributed by atoms with Crippen LogP contribution in [-0.2, 0) is 4.79 Å². The molecule has 1 heterocycles. The van der Waals surface area contributed by atoms with Crippen LogP contribution in [0.25, 0.3) is 11.1 Å². The average Bonchev–Trinajstić information content (AvgIpc) is 2.73. The summed E-state index contributed by atoms with van der Waals surface area (Å²) in [4.78, 5) is 26.1. The van der Waals surface area contributed by atoms with Gasteiger partial charge in [-0.1, -0.05) is 48.0 Å². The molecule has 4 rings (SSSR count). The van der Waals surface area contributed by atoms with Gasteiger partial charge in [-0.2, -0.15) is 0 Å². The molecular weight excluding hydrogens is 408 g/mol. The van der Waals surface area contributed by atoms with Crippen molar-refractivity contribution in [1.82, 2.24) is 4.31 Å². The molecule has 0 saturated carbocycles. The number of hydrogen-bond donors (Lipinski definition) is 1. The molecule has 1 aliphatic rings. The van der Waals surface area contributed by atoms with Crippen LogP contribution in [0.2, 0.25) is 5.02 Å². The van der Waals surface area contributed by atoms with Gasteiger partial charge in [-0.25, -0.2) is 9.10 Å². The maximum Gasteiger partial charge on any atom is 0.377 e. The number of carboxylic acid groups (broad SMARTS) is 1. The first-order valence-electron chi connectivity index (χ1n) is 8.87. The van der Waals surface area contributed by atoms with Gasteiger partial charge in [0.25, 0.3) is 5.78 Å². The highest BCUT2D eigenvalue weighted by Crippen LogP contribution is 2.45. The van der Waals surface area contributed by atoms with E-state index in [1.165, 1.54) is 6.07 Å². The minimum atomic E-state index is -1.48. The second-order valence-electron chi connectivity index (χ2n) is 6.64. The van der Waals surface area contributed by atoms with Gasteiger partial charge in [-0.05, 0) is 54.9 Å². The van der Waals surface area contributed by atoms with Crippen LogP contribution in [0.1, 0.15) is 10.4 Å². The zero-order valence-corrected chi connectivity index (χ0v) is 17.1. The molecule has 5 nitrogen and oxygen atoms in total. The predicted octanol–water partition coefficient (Wildman–Crippen LogP) is 5.32. The summed E-state index contributed by atoms with van der Waals surface area (Å²) >= 11 is 8.24. The van der Waals surface area contributed by atoms with E-state index in [1.807, 2.05) is 43.4 Å². The van der Waals surface area contributed by atoms with Crippen molar-refractivity contribution in [3.63, 3.8) is 0 Å². The van der Waals surface area contributed by atoms with Crippen LogP contribution in [0, 0.1) is 0 Å². The zero-order valence-electron chi connectivity index (χ0n) is 15.5. The van der Waals surface area contributed by atoms with Crippen molar-refractivity contribution in [1.29, 1.82) is 0 Å². The quantitative estimate of drug-likeness (QED) is 0.347. The topological polar surface area (TPSA) is 60.9 Å². The summed E-state index contributed by atoms with van der Waals surface area (Å²) in [5.41, 5.74) is 3.65. The number of anilines is 2. The summed E-state index contributed by atoms with van der Waals surface area (Å²) in [5.74, 6) is -2.42. The molecule has 0 spiro atoms. The fourth-order valence-corrected chi connectivity index (χ4v) is 4.51. The van der Waals surface area contributed by atoms with Crippen LogP contribution >= 0.6 is 23.5 Å². The van der Waals surface area contributed by atoms with Gasteiger partial charge in [0.2, 0.25) is 0 Å². The van der Waals surface area contributed by atoms with Crippen molar-refractivity contribution < 1.29 is 14.7 Å². The number of para-hydroxylation sites is 1. The molecule has 29 heavy (non-hydrogen) atoms. The van der Waals surface area contributed by atoms with Crippen molar-refractivity contribution in [2.45, 2.75) is 4.90 Å². The Hall–Kier alpha value is -2.80. The fourth-order valence-electron chi connectivity index (χ4n) is 3.30. The fraction of sp³-hybridized carbons (Fsp3) is 0.0909. The summed E-state index contributed by atoms with van der Waals surface area (Å²) in [6, 6.07) is 20.5. The first kappa shape index (κ1) is 19.5. The molecule has 3 aromatic carbocycles. The van der Waals surface area contributed by atoms with E-state index in [-0.39, 0.29) is 5.56 Å². The Morgan fingerprint density at radius 2 is 1.79 bits per heavy atom. The first-order valence-corrected chi connectivity index (χ1v) is 10.0. The number of Topliss-reactive ketones (excluding diaryl/α,β-unsaturated/α-hetero) is 1. The Labute approximate surface area is 177 Å². The van der Waals surface area contributed by atoms with E-state index in [9.17, 15) is 9.59 Å². The van der Waals surface area contributed by atoms with E-state index in [1.54, 1.807) is 24.1 Å². The molecule has 146 valence electrons. The minimum absolute atomic E-state index is 0.125. The van der Waals surface area contributed by atoms with Crippen LogP contribution in [0.15, 0.2) is 71.6 Å². The number of carbonyl (C=O) groups is 2. The van der Waals surface area contributed by atoms with Crippen LogP contribution < -0.4 is 4.90 Å². The Morgan fingerprint density at radius 1 is 1.03 bits per heavy atom. The zero-order chi connectivity index (χ0) is 20.5. The third kappa shape index (κ3) is 3.87. The molecule has 0 aliphatic carbocycles. The van der Waals surface area contributed by atoms with Gasteiger partial charge in [-0.3, -0.25) is 4.79 Å². The van der Waals surface area contributed by atoms with Crippen LogP contribution in [-0.4, -0.2) is 34.9 Å². The highest BCUT2D eigenvalue weighted by Gasteiger charge is 2.25. The lowest BCUT2D eigenvalue weighted by Crippen LogP contribution is -2.32. The largest absolute Gasteiger partial charge is 0.475 e. The molecule has 7 heteroatoms. The number of carboxylic acids is 1. The molecule has 1 aliphatic heterocycles. The maximum absolute atomic E-state index is 11.8. The number of hydrogen-bond acceptors (Lipinski definition) is 5. The lowest BCUT2D eigenvalue weighted by Gasteiger charge is -2.36. The highest BCUT2D eigenvalue weighted by atomic mass is 35.5. The Balaban J connectivity index is 1.79. The second kappa shape index (κ2) is 7.91. The molecule has 0 amide bonds. The lowest BCUT2D eigenvalue weighted by atomic mass is 10.0. The monoisotopic (exact) mass is 424 g/mol. The van der Waals surface area contributed by atoms with Crippen LogP contribution in [0.3, 0.4) is 0 Å². The standard InChI is InChI=1S/C22H17ClN2O3S/c1-24-13-25(16-8-3-2-4-9-16)19-12-18(23)17(11-20(19)29-24)14-6-5-7-15(10-14)21(26)22(27)28/h2-12H,13H2,1H3,(H,27,28). The van der Waals surface area contributed by atoms with E-state index in [0.29, 0.717) is 17.3 Å². The summed E-state index contributed by atoms with van der Waals surface area (Å²) < 4.78 is 2.12. The molecule has 0 bridgehead atoms. The molecule has 0 aromatic heterocycles. The van der Waals surface area contributed by atoms with Crippen molar-refractivity contribution >= 4 is 46.7 Å². The number of aliphatic carboxylic acids is 1. The van der Waals surface area contributed by atoms with Gasteiger partial charge in [0.05, 0.1) is 17.4 Å².